The molecule has 4 saturated carbocycles. The van der Waals surface area contributed by atoms with E-state index in [1.165, 1.54) is 44.2 Å². The molecular formula is C22H40N2O2. The van der Waals surface area contributed by atoms with Gasteiger partial charge in [0.25, 0.3) is 0 Å². The second-order valence-electron chi connectivity index (χ2n) is 10.1. The molecule has 150 valence electrons. The third-order valence-corrected chi connectivity index (χ3v) is 9.08. The molecule has 4 heteroatoms. The van der Waals surface area contributed by atoms with Crippen molar-refractivity contribution in [3.8, 4) is 0 Å². The van der Waals surface area contributed by atoms with Crippen molar-refractivity contribution < 1.29 is 11.4 Å². The summed E-state index contributed by atoms with van der Waals surface area (Å²) in [6, 6.07) is 0. The van der Waals surface area contributed by atoms with Gasteiger partial charge in [-0.3, -0.25) is 0 Å². The van der Waals surface area contributed by atoms with E-state index in [4.69, 9.17) is 10.6 Å². The molecule has 0 aromatic heterocycles. The minimum atomic E-state index is -0.0604. The number of nitrogens with two attached hydrogens (primary N) is 1. The van der Waals surface area contributed by atoms with E-state index in [1.54, 1.807) is 0 Å². The molecule has 0 aromatic carbocycles. The number of hydrogen-bond donors (Lipinski definition) is 2. The molecule has 0 radical (unpaired) electrons. The number of aliphatic hydroxyl groups is 1. The Morgan fingerprint density at radius 1 is 1.12 bits per heavy atom. The smallest absolute Gasteiger partial charge is 0.118 e. The first-order valence-electron chi connectivity index (χ1n) is 11.0. The predicted octanol–water partition coefficient (Wildman–Crippen LogP) is 4.36. The fourth-order valence-corrected chi connectivity index (χ4v) is 7.40. The molecule has 0 heterocycles. The molecule has 26 heavy (non-hydrogen) atoms. The zero-order valence-corrected chi connectivity index (χ0v) is 16.8. The lowest BCUT2D eigenvalue weighted by Crippen LogP contribution is -2.54. The molecule has 3 N–H and O–H groups in total. The lowest BCUT2D eigenvalue weighted by Gasteiger charge is -2.60. The Kier molecular flexibility index (Phi) is 5.11. The maximum atomic E-state index is 10.6. The van der Waals surface area contributed by atoms with E-state index in [1.807, 2.05) is 0 Å². The summed E-state index contributed by atoms with van der Waals surface area (Å²) in [6.07, 6.45) is 11.8. The van der Waals surface area contributed by atoms with Gasteiger partial charge in [-0.2, -0.15) is 0 Å². The molecule has 0 saturated heterocycles. The van der Waals surface area contributed by atoms with Crippen LogP contribution in [0.25, 0.3) is 0 Å². The molecule has 4 nitrogen and oxygen atoms in total. The summed E-state index contributed by atoms with van der Waals surface area (Å²) in [4.78, 5) is 5.49. The molecule has 4 aliphatic carbocycles. The standard InChI is InChI=1S/C22H38N2O2.H2/c1-21-10-8-16(24-26-13-3-12-23)14-15(21)4-5-17-18-6-7-20(25)22(18,2)11-9-19(17)21;/h15,17-20,25H,3-14,23H2,1-2H3;1H/t15?,17?,18?,19?,20-,21-,22-;/m0./s1. The summed E-state index contributed by atoms with van der Waals surface area (Å²) in [5.74, 6) is 3.21. The van der Waals surface area contributed by atoms with E-state index in [-0.39, 0.29) is 12.9 Å². The first-order chi connectivity index (χ1) is 12.5. The molecular weight excluding hydrogens is 324 g/mol. The minimum absolute atomic E-state index is 0. The average Bonchev–Trinajstić information content (AvgIpc) is 2.94. The van der Waals surface area contributed by atoms with Crippen LogP contribution < -0.4 is 5.73 Å². The van der Waals surface area contributed by atoms with E-state index in [9.17, 15) is 5.11 Å². The highest BCUT2D eigenvalue weighted by Crippen LogP contribution is 2.65. The number of hydrogen-bond acceptors (Lipinski definition) is 4. The van der Waals surface area contributed by atoms with Crippen LogP contribution in [0.5, 0.6) is 0 Å². The first kappa shape index (κ1) is 18.7. The van der Waals surface area contributed by atoms with Gasteiger partial charge in [-0.15, -0.1) is 0 Å². The quantitative estimate of drug-likeness (QED) is 0.575. The van der Waals surface area contributed by atoms with E-state index in [2.05, 4.69) is 19.0 Å². The molecule has 4 aliphatic rings. The van der Waals surface area contributed by atoms with E-state index in [0.29, 0.717) is 18.6 Å². The van der Waals surface area contributed by atoms with Gasteiger partial charge in [0.2, 0.25) is 0 Å². The van der Waals surface area contributed by atoms with Gasteiger partial charge in [0, 0.05) is 1.43 Å². The Bertz CT molecular complexity index is 556. The zero-order chi connectivity index (χ0) is 18.4. The molecule has 0 amide bonds. The van der Waals surface area contributed by atoms with Crippen molar-refractivity contribution in [3.05, 3.63) is 0 Å². The number of aliphatic hydroxyl groups excluding tert-OH is 1. The third-order valence-electron chi connectivity index (χ3n) is 9.08. The maximum Gasteiger partial charge on any atom is 0.118 e. The second-order valence-corrected chi connectivity index (χ2v) is 10.1. The molecule has 0 aliphatic heterocycles. The summed E-state index contributed by atoms with van der Waals surface area (Å²) in [7, 11) is 0. The molecule has 0 aromatic rings. The van der Waals surface area contributed by atoms with Crippen molar-refractivity contribution in [1.82, 2.24) is 0 Å². The summed E-state index contributed by atoms with van der Waals surface area (Å²) in [5.41, 5.74) is 7.47. The van der Waals surface area contributed by atoms with Crippen LogP contribution in [0.4, 0.5) is 0 Å². The molecule has 0 spiro atoms. The predicted molar refractivity (Wildman–Crippen MR) is 107 cm³/mol. The van der Waals surface area contributed by atoms with Crippen LogP contribution in [0.3, 0.4) is 0 Å². The zero-order valence-electron chi connectivity index (χ0n) is 16.8. The van der Waals surface area contributed by atoms with Crippen LogP contribution in [-0.4, -0.2) is 30.1 Å². The maximum absolute atomic E-state index is 10.6. The summed E-state index contributed by atoms with van der Waals surface area (Å²) >= 11 is 0. The minimum Gasteiger partial charge on any atom is -0.396 e. The Morgan fingerprint density at radius 2 is 1.92 bits per heavy atom. The van der Waals surface area contributed by atoms with Crippen LogP contribution in [0.2, 0.25) is 0 Å². The molecule has 7 atom stereocenters. The highest BCUT2D eigenvalue weighted by molar-refractivity contribution is 5.85. The van der Waals surface area contributed by atoms with Crippen LogP contribution >= 0.6 is 0 Å². The summed E-state index contributed by atoms with van der Waals surface area (Å²) < 4.78 is 0. The van der Waals surface area contributed by atoms with Gasteiger partial charge in [-0.05, 0) is 105 Å². The van der Waals surface area contributed by atoms with Gasteiger partial charge in [0.15, 0.2) is 0 Å². The van der Waals surface area contributed by atoms with Gasteiger partial charge in [-0.25, -0.2) is 0 Å². The van der Waals surface area contributed by atoms with E-state index >= 15 is 0 Å². The van der Waals surface area contributed by atoms with E-state index in [0.717, 1.165) is 49.4 Å². The number of oxime groups is 1. The molecule has 4 rings (SSSR count). The monoisotopic (exact) mass is 364 g/mol. The van der Waals surface area contributed by atoms with Gasteiger partial charge < -0.3 is 15.7 Å². The van der Waals surface area contributed by atoms with Crippen LogP contribution in [0.15, 0.2) is 5.16 Å². The fourth-order valence-electron chi connectivity index (χ4n) is 7.40. The number of nitrogens with zero attached hydrogens (tertiary/aromatic N) is 1. The molecule has 0 bridgehead atoms. The SMILES string of the molecule is C[C@]12CCC(=NOCCCN)CC1CCC1C2CC[C@@]2(C)C1CC[C@@H]2O.[HH]. The largest absolute Gasteiger partial charge is 0.396 e. The van der Waals surface area contributed by atoms with E-state index < -0.39 is 0 Å². The summed E-state index contributed by atoms with van der Waals surface area (Å²) in [6.45, 7) is 6.28. The van der Waals surface area contributed by atoms with Crippen molar-refractivity contribution in [2.75, 3.05) is 13.2 Å². The highest BCUT2D eigenvalue weighted by Gasteiger charge is 2.59. The van der Waals surface area contributed by atoms with Gasteiger partial charge in [-0.1, -0.05) is 19.0 Å². The fraction of sp³-hybridized carbons (Fsp3) is 0.955. The van der Waals surface area contributed by atoms with Gasteiger partial charge in [0.05, 0.1) is 11.8 Å². The Balaban J connectivity index is 0.00000210. The highest BCUT2D eigenvalue weighted by atomic mass is 16.6. The van der Waals surface area contributed by atoms with Crippen molar-refractivity contribution in [3.63, 3.8) is 0 Å². The summed E-state index contributed by atoms with van der Waals surface area (Å²) in [5, 5.41) is 15.0. The number of rotatable bonds is 4. The van der Waals surface area contributed by atoms with Crippen molar-refractivity contribution >= 4 is 5.71 Å². The Labute approximate surface area is 160 Å². The lowest BCUT2D eigenvalue weighted by molar-refractivity contribution is -0.112. The average molecular weight is 365 g/mol. The topological polar surface area (TPSA) is 67.8 Å². The van der Waals surface area contributed by atoms with Gasteiger partial charge in [0.1, 0.15) is 6.61 Å². The molecule has 4 unspecified atom stereocenters. The third kappa shape index (κ3) is 2.92. The first-order valence-corrected chi connectivity index (χ1v) is 11.0. The van der Waals surface area contributed by atoms with Gasteiger partial charge >= 0.3 is 0 Å². The number of fused-ring (bicyclic) bond motifs is 5. The Morgan fingerprint density at radius 3 is 2.73 bits per heavy atom. The van der Waals surface area contributed by atoms with Crippen molar-refractivity contribution in [2.45, 2.75) is 84.2 Å². The van der Waals surface area contributed by atoms with Crippen molar-refractivity contribution in [2.24, 2.45) is 45.4 Å². The Hall–Kier alpha value is -0.610. The molecule has 4 fully saturated rings. The normalized spacial score (nSPS) is 49.4. The van der Waals surface area contributed by atoms with Crippen LogP contribution in [0.1, 0.15) is 79.5 Å². The second kappa shape index (κ2) is 7.09. The lowest BCUT2D eigenvalue weighted by atomic mass is 9.45. The van der Waals surface area contributed by atoms with Crippen LogP contribution in [-0.2, 0) is 4.84 Å². The van der Waals surface area contributed by atoms with Crippen molar-refractivity contribution in [1.29, 1.82) is 0 Å². The van der Waals surface area contributed by atoms with Crippen LogP contribution in [0, 0.1) is 34.5 Å².